The molecule has 0 bridgehead atoms. The second-order valence-corrected chi connectivity index (χ2v) is 7.88. The summed E-state index contributed by atoms with van der Waals surface area (Å²) in [6.07, 6.45) is 3.88. The van der Waals surface area contributed by atoms with Crippen LogP contribution in [0, 0.1) is 6.92 Å². The van der Waals surface area contributed by atoms with Gasteiger partial charge in [-0.3, -0.25) is 0 Å². The van der Waals surface area contributed by atoms with Crippen molar-refractivity contribution in [2.45, 2.75) is 31.6 Å². The lowest BCUT2D eigenvalue weighted by atomic mass is 10.00. The van der Waals surface area contributed by atoms with Gasteiger partial charge in [0.05, 0.1) is 4.90 Å². The molecule has 2 aromatic rings. The van der Waals surface area contributed by atoms with E-state index in [4.69, 9.17) is 0 Å². The Labute approximate surface area is 138 Å². The molecule has 0 saturated carbocycles. The van der Waals surface area contributed by atoms with Crippen molar-refractivity contribution in [3.63, 3.8) is 0 Å². The minimum Gasteiger partial charge on any atom is -0.211 e. The molecule has 1 N–H and O–H groups in total. The molecule has 3 rings (SSSR count). The number of rotatable bonds is 5. The molecule has 23 heavy (non-hydrogen) atoms. The number of hydrogen-bond donors (Lipinski definition) is 1. The zero-order chi connectivity index (χ0) is 16.4. The molecule has 0 heterocycles. The maximum Gasteiger partial charge on any atom is 0.240 e. The van der Waals surface area contributed by atoms with Crippen molar-refractivity contribution in [2.75, 3.05) is 6.54 Å². The summed E-state index contributed by atoms with van der Waals surface area (Å²) in [5.41, 5.74) is 6.22. The quantitative estimate of drug-likeness (QED) is 0.914. The zero-order valence-electron chi connectivity index (χ0n) is 13.5. The van der Waals surface area contributed by atoms with Crippen LogP contribution < -0.4 is 4.72 Å². The van der Waals surface area contributed by atoms with E-state index in [1.807, 2.05) is 25.1 Å². The van der Waals surface area contributed by atoms with E-state index in [0.717, 1.165) is 12.0 Å². The summed E-state index contributed by atoms with van der Waals surface area (Å²) in [4.78, 5) is 0.318. The van der Waals surface area contributed by atoms with Gasteiger partial charge < -0.3 is 0 Å². The highest BCUT2D eigenvalue weighted by Crippen LogP contribution is 2.27. The van der Waals surface area contributed by atoms with E-state index in [1.165, 1.54) is 22.3 Å². The lowest BCUT2D eigenvalue weighted by molar-refractivity contribution is 0.581. The molecule has 0 radical (unpaired) electrons. The van der Waals surface area contributed by atoms with Gasteiger partial charge in [-0.1, -0.05) is 47.5 Å². The summed E-state index contributed by atoms with van der Waals surface area (Å²) < 4.78 is 27.3. The van der Waals surface area contributed by atoms with Gasteiger partial charge in [0.15, 0.2) is 0 Å². The van der Waals surface area contributed by atoms with Crippen LogP contribution in [0.25, 0.3) is 6.08 Å². The van der Waals surface area contributed by atoms with E-state index >= 15 is 0 Å². The fourth-order valence-corrected chi connectivity index (χ4v) is 3.99. The van der Waals surface area contributed by atoms with E-state index in [2.05, 4.69) is 29.9 Å². The summed E-state index contributed by atoms with van der Waals surface area (Å²) >= 11 is 0. The summed E-state index contributed by atoms with van der Waals surface area (Å²) in [6, 6.07) is 13.2. The minimum atomic E-state index is -3.44. The highest BCUT2D eigenvalue weighted by atomic mass is 32.2. The zero-order valence-corrected chi connectivity index (χ0v) is 14.3. The molecule has 0 unspecified atom stereocenters. The van der Waals surface area contributed by atoms with Crippen molar-refractivity contribution < 1.29 is 8.42 Å². The Morgan fingerprint density at radius 1 is 1.04 bits per heavy atom. The van der Waals surface area contributed by atoms with Gasteiger partial charge >= 0.3 is 0 Å². The molecule has 0 spiro atoms. The molecule has 0 aliphatic heterocycles. The number of nitrogens with one attached hydrogen (secondary N) is 1. The molecule has 1 aliphatic carbocycles. The molecule has 120 valence electrons. The Morgan fingerprint density at radius 2 is 1.78 bits per heavy atom. The minimum absolute atomic E-state index is 0.318. The van der Waals surface area contributed by atoms with Crippen molar-refractivity contribution in [3.05, 3.63) is 70.3 Å². The van der Waals surface area contributed by atoms with Crippen LogP contribution in [0.5, 0.6) is 0 Å². The Morgan fingerprint density at radius 3 is 2.52 bits per heavy atom. The summed E-state index contributed by atoms with van der Waals surface area (Å²) in [5.74, 6) is 0. The molecular formula is C19H21NO2S. The fourth-order valence-electron chi connectivity index (χ4n) is 2.96. The third kappa shape index (κ3) is 3.54. The smallest absolute Gasteiger partial charge is 0.211 e. The van der Waals surface area contributed by atoms with Crippen molar-refractivity contribution >= 4 is 16.1 Å². The molecule has 3 nitrogen and oxygen atoms in total. The van der Waals surface area contributed by atoms with Gasteiger partial charge in [-0.2, -0.15) is 0 Å². The standard InChI is InChI=1S/C19H21NO2S/c1-14-6-8-18(9-7-14)23(21,22)20-11-10-16-4-3-5-17-12-15(2)13-19(16)17/h3-9,12,20H,10-11,13H2,1-2H3. The van der Waals surface area contributed by atoms with Crippen LogP contribution in [0.15, 0.2) is 52.9 Å². The van der Waals surface area contributed by atoms with Crippen LogP contribution in [0.2, 0.25) is 0 Å². The van der Waals surface area contributed by atoms with Gasteiger partial charge in [0, 0.05) is 6.54 Å². The van der Waals surface area contributed by atoms with Gasteiger partial charge in [-0.05, 0) is 55.5 Å². The number of aryl methyl sites for hydroxylation is 1. The Hall–Kier alpha value is -1.91. The van der Waals surface area contributed by atoms with Crippen molar-refractivity contribution in [3.8, 4) is 0 Å². The van der Waals surface area contributed by atoms with Crippen LogP contribution in [0.3, 0.4) is 0 Å². The largest absolute Gasteiger partial charge is 0.240 e. The average molecular weight is 327 g/mol. The maximum absolute atomic E-state index is 12.3. The number of sulfonamides is 1. The molecule has 4 heteroatoms. The summed E-state index contributed by atoms with van der Waals surface area (Å²) in [5, 5.41) is 0. The van der Waals surface area contributed by atoms with E-state index < -0.39 is 10.0 Å². The normalized spacial score (nSPS) is 13.7. The predicted molar refractivity (Wildman–Crippen MR) is 93.9 cm³/mol. The SMILES string of the molecule is CC1=Cc2cccc(CCNS(=O)(=O)c3ccc(C)cc3)c2C1. The third-order valence-corrected chi connectivity index (χ3v) is 5.66. The lowest BCUT2D eigenvalue weighted by Gasteiger charge is -2.10. The predicted octanol–water partition coefficient (Wildman–Crippen LogP) is 3.48. The number of fused-ring (bicyclic) bond motifs is 1. The molecular weight excluding hydrogens is 306 g/mol. The van der Waals surface area contributed by atoms with Crippen molar-refractivity contribution in [2.24, 2.45) is 0 Å². The number of allylic oxidation sites excluding steroid dienone is 1. The monoisotopic (exact) mass is 327 g/mol. The Kier molecular flexibility index (Phi) is 4.37. The van der Waals surface area contributed by atoms with Gasteiger partial charge in [0.1, 0.15) is 0 Å². The van der Waals surface area contributed by atoms with Gasteiger partial charge in [-0.25, -0.2) is 13.1 Å². The second kappa shape index (κ2) is 6.30. The summed E-state index contributed by atoms with van der Waals surface area (Å²) in [7, 11) is -3.44. The molecule has 0 saturated heterocycles. The molecule has 2 aromatic carbocycles. The van der Waals surface area contributed by atoms with Crippen LogP contribution in [0.1, 0.15) is 29.2 Å². The van der Waals surface area contributed by atoms with E-state index in [0.29, 0.717) is 17.9 Å². The first-order valence-electron chi connectivity index (χ1n) is 7.80. The van der Waals surface area contributed by atoms with Crippen molar-refractivity contribution in [1.82, 2.24) is 4.72 Å². The molecule has 0 fully saturated rings. The maximum atomic E-state index is 12.3. The average Bonchev–Trinajstić information content (AvgIpc) is 2.89. The van der Waals surface area contributed by atoms with Gasteiger partial charge in [-0.15, -0.1) is 0 Å². The highest BCUT2D eigenvalue weighted by molar-refractivity contribution is 7.89. The summed E-state index contributed by atoms with van der Waals surface area (Å²) in [6.45, 7) is 4.48. The number of hydrogen-bond acceptors (Lipinski definition) is 2. The van der Waals surface area contributed by atoms with E-state index in [-0.39, 0.29) is 0 Å². The van der Waals surface area contributed by atoms with Crippen LogP contribution in [-0.4, -0.2) is 15.0 Å². The fraction of sp³-hybridized carbons (Fsp3) is 0.263. The first-order chi connectivity index (χ1) is 11.0. The second-order valence-electron chi connectivity index (χ2n) is 6.11. The van der Waals surface area contributed by atoms with Crippen LogP contribution >= 0.6 is 0 Å². The topological polar surface area (TPSA) is 46.2 Å². The molecule has 0 aromatic heterocycles. The molecule has 0 amide bonds. The van der Waals surface area contributed by atoms with E-state index in [9.17, 15) is 8.42 Å². The lowest BCUT2D eigenvalue weighted by Crippen LogP contribution is -2.26. The Balaban J connectivity index is 1.67. The Bertz CT molecular complexity index is 849. The van der Waals surface area contributed by atoms with Gasteiger partial charge in [0.25, 0.3) is 0 Å². The highest BCUT2D eigenvalue weighted by Gasteiger charge is 2.16. The third-order valence-electron chi connectivity index (χ3n) is 4.18. The van der Waals surface area contributed by atoms with E-state index in [1.54, 1.807) is 12.1 Å². The van der Waals surface area contributed by atoms with Gasteiger partial charge in [0.2, 0.25) is 10.0 Å². The first-order valence-corrected chi connectivity index (χ1v) is 9.28. The molecule has 1 aliphatic rings. The number of benzene rings is 2. The van der Waals surface area contributed by atoms with Crippen molar-refractivity contribution in [1.29, 1.82) is 0 Å². The van der Waals surface area contributed by atoms with Crippen LogP contribution in [-0.2, 0) is 22.9 Å². The van der Waals surface area contributed by atoms with Crippen LogP contribution in [0.4, 0.5) is 0 Å². The first kappa shape index (κ1) is 16.0. The molecule has 0 atom stereocenters.